The highest BCUT2D eigenvalue weighted by molar-refractivity contribution is 6.35. The number of carbonyl (C=O) groups excluding carboxylic acids is 1. The van der Waals surface area contributed by atoms with Crippen LogP contribution in [0.5, 0.6) is 0 Å². The van der Waals surface area contributed by atoms with E-state index in [1.165, 1.54) is 0 Å². The molecule has 1 N–H and O–H groups in total. The Bertz CT molecular complexity index is 1170. The second kappa shape index (κ2) is 9.98. The number of Topliss-reactive ketones (excluding diaryl/α,β-unsaturated/α-hetero) is 1. The molecule has 0 amide bonds. The lowest BCUT2D eigenvalue weighted by Gasteiger charge is -2.37. The van der Waals surface area contributed by atoms with Gasteiger partial charge >= 0.3 is 12.4 Å². The van der Waals surface area contributed by atoms with Crippen LogP contribution < -0.4 is 4.90 Å². The number of hydrogen-bond acceptors (Lipinski definition) is 3. The summed E-state index contributed by atoms with van der Waals surface area (Å²) in [6, 6.07) is 3.04. The Morgan fingerprint density at radius 2 is 1.75 bits per heavy atom. The Balaban J connectivity index is 2.11. The van der Waals surface area contributed by atoms with E-state index in [4.69, 9.17) is 23.2 Å². The number of aliphatic hydroxyl groups is 1. The van der Waals surface area contributed by atoms with Gasteiger partial charge in [-0.15, -0.1) is 0 Å². The maximum atomic E-state index is 14.8. The number of halogens is 10. The molecule has 0 aliphatic carbocycles. The quantitative estimate of drug-likeness (QED) is 0.229. The van der Waals surface area contributed by atoms with E-state index in [0.29, 0.717) is 17.0 Å². The molecule has 1 heterocycles. The smallest absolute Gasteiger partial charge is 0.372 e. The van der Waals surface area contributed by atoms with Gasteiger partial charge in [0.15, 0.2) is 5.82 Å². The van der Waals surface area contributed by atoms with Crippen LogP contribution in [0, 0.1) is 11.6 Å². The number of aliphatic hydroxyl groups excluding tert-OH is 1. The van der Waals surface area contributed by atoms with Gasteiger partial charge in [-0.1, -0.05) is 36.2 Å². The number of carbonyl (C=O) groups is 1. The number of benzene rings is 2. The first-order valence-electron chi connectivity index (χ1n) is 10.6. The number of nitrogens with zero attached hydrogens (tertiary/aromatic N) is 1. The van der Waals surface area contributed by atoms with E-state index in [9.17, 15) is 45.0 Å². The SMILES string of the molecule is CCC(=O)CCc1ccc(N2CCC(c3cc(Cl)c(F)c(Cl)c3F)(C(F)(F)F)C2O)cc1C(F)(F)F. The first-order valence-corrected chi connectivity index (χ1v) is 11.4. The van der Waals surface area contributed by atoms with Gasteiger partial charge in [-0.25, -0.2) is 8.78 Å². The first-order chi connectivity index (χ1) is 16.6. The van der Waals surface area contributed by atoms with Crippen LogP contribution in [0.1, 0.15) is 42.9 Å². The minimum absolute atomic E-state index is 0.132. The molecule has 0 spiro atoms. The minimum atomic E-state index is -5.33. The molecule has 13 heteroatoms. The molecule has 0 radical (unpaired) electrons. The second-order valence-corrected chi connectivity index (χ2v) is 9.15. The van der Waals surface area contributed by atoms with Gasteiger partial charge in [0.2, 0.25) is 0 Å². The minimum Gasteiger partial charge on any atom is -0.372 e. The number of alkyl halides is 6. The Kier molecular flexibility index (Phi) is 7.89. The molecular formula is C23H19Cl2F8NO2. The third-order valence-electron chi connectivity index (χ3n) is 6.37. The summed E-state index contributed by atoms with van der Waals surface area (Å²) in [6.07, 6.45) is -14.1. The average molecular weight is 564 g/mol. The average Bonchev–Trinajstić information content (AvgIpc) is 3.15. The molecule has 1 aliphatic heterocycles. The Labute approximate surface area is 210 Å². The molecule has 198 valence electrons. The third kappa shape index (κ3) is 4.89. The fourth-order valence-electron chi connectivity index (χ4n) is 4.37. The van der Waals surface area contributed by atoms with Gasteiger partial charge in [0, 0.05) is 30.6 Å². The zero-order valence-corrected chi connectivity index (χ0v) is 20.0. The highest BCUT2D eigenvalue weighted by Gasteiger charge is 2.66. The number of aryl methyl sites for hydroxylation is 1. The van der Waals surface area contributed by atoms with Gasteiger partial charge in [-0.05, 0) is 36.6 Å². The highest BCUT2D eigenvalue weighted by atomic mass is 35.5. The molecule has 36 heavy (non-hydrogen) atoms. The van der Waals surface area contributed by atoms with Crippen molar-refractivity contribution in [3.05, 3.63) is 62.6 Å². The van der Waals surface area contributed by atoms with E-state index in [2.05, 4.69) is 0 Å². The molecule has 2 unspecified atom stereocenters. The van der Waals surface area contributed by atoms with Gasteiger partial charge in [-0.3, -0.25) is 4.79 Å². The zero-order chi connectivity index (χ0) is 27.2. The van der Waals surface area contributed by atoms with Crippen LogP contribution in [-0.2, 0) is 22.8 Å². The van der Waals surface area contributed by atoms with Crippen LogP contribution >= 0.6 is 23.2 Å². The van der Waals surface area contributed by atoms with Crippen molar-refractivity contribution in [1.82, 2.24) is 0 Å². The summed E-state index contributed by atoms with van der Waals surface area (Å²) in [6.45, 7) is 0.930. The fourth-order valence-corrected chi connectivity index (χ4v) is 4.83. The largest absolute Gasteiger partial charge is 0.416 e. The lowest BCUT2D eigenvalue weighted by atomic mass is 9.77. The second-order valence-electron chi connectivity index (χ2n) is 8.37. The topological polar surface area (TPSA) is 40.5 Å². The summed E-state index contributed by atoms with van der Waals surface area (Å²) < 4.78 is 113. The summed E-state index contributed by atoms with van der Waals surface area (Å²) >= 11 is 11.1. The zero-order valence-electron chi connectivity index (χ0n) is 18.5. The summed E-state index contributed by atoms with van der Waals surface area (Å²) in [5.41, 5.74) is -6.44. The van der Waals surface area contributed by atoms with Crippen molar-refractivity contribution in [1.29, 1.82) is 0 Å². The van der Waals surface area contributed by atoms with Crippen LogP contribution in [0.2, 0.25) is 10.0 Å². The predicted octanol–water partition coefficient (Wildman–Crippen LogP) is 7.23. The molecule has 1 aliphatic rings. The number of anilines is 1. The molecule has 2 atom stereocenters. The van der Waals surface area contributed by atoms with E-state index < -0.39 is 75.5 Å². The molecule has 2 aromatic rings. The fraction of sp³-hybridized carbons (Fsp3) is 0.435. The van der Waals surface area contributed by atoms with Crippen LogP contribution in [0.15, 0.2) is 24.3 Å². The number of rotatable bonds is 6. The van der Waals surface area contributed by atoms with Crippen LogP contribution in [-0.4, -0.2) is 29.8 Å². The standard InChI is InChI=1S/C23H19Cl2F8NO2/c1-2-13(35)6-4-11-3-5-12(9-14(11)22(28,29)30)34-8-7-21(20(34)36,23(31,32)33)15-10-16(24)19(27)17(25)18(15)26/h3,5,9-10,20,36H,2,4,6-8H2,1H3. The van der Waals surface area contributed by atoms with E-state index in [0.717, 1.165) is 12.1 Å². The van der Waals surface area contributed by atoms with Gasteiger partial charge in [-0.2, -0.15) is 26.3 Å². The predicted molar refractivity (Wildman–Crippen MR) is 117 cm³/mol. The van der Waals surface area contributed by atoms with Crippen LogP contribution in [0.3, 0.4) is 0 Å². The number of hydrogen-bond donors (Lipinski definition) is 1. The third-order valence-corrected chi connectivity index (χ3v) is 6.98. The van der Waals surface area contributed by atoms with Gasteiger partial charge in [0.25, 0.3) is 0 Å². The van der Waals surface area contributed by atoms with Crippen molar-refractivity contribution < 1.29 is 45.0 Å². The van der Waals surface area contributed by atoms with E-state index >= 15 is 0 Å². The molecular weight excluding hydrogens is 545 g/mol. The monoisotopic (exact) mass is 563 g/mol. The molecule has 0 bridgehead atoms. The Morgan fingerprint density at radius 3 is 2.31 bits per heavy atom. The van der Waals surface area contributed by atoms with Crippen molar-refractivity contribution in [3.63, 3.8) is 0 Å². The summed E-state index contributed by atoms with van der Waals surface area (Å²) in [4.78, 5) is 12.2. The van der Waals surface area contributed by atoms with E-state index in [1.807, 2.05) is 0 Å². The summed E-state index contributed by atoms with van der Waals surface area (Å²) in [5, 5.41) is 8.59. The first kappa shape index (κ1) is 28.5. The van der Waals surface area contributed by atoms with Gasteiger partial charge in [0.1, 0.15) is 28.3 Å². The Hall–Kier alpha value is -2.11. The van der Waals surface area contributed by atoms with Crippen molar-refractivity contribution in [2.45, 2.75) is 56.6 Å². The molecule has 1 fully saturated rings. The summed E-state index contributed by atoms with van der Waals surface area (Å²) in [5.74, 6) is -3.55. The van der Waals surface area contributed by atoms with E-state index in [1.54, 1.807) is 6.92 Å². The molecule has 2 aromatic carbocycles. The molecule has 3 rings (SSSR count). The van der Waals surface area contributed by atoms with Crippen molar-refractivity contribution in [2.24, 2.45) is 0 Å². The van der Waals surface area contributed by atoms with E-state index in [-0.39, 0.29) is 30.6 Å². The Morgan fingerprint density at radius 1 is 1.11 bits per heavy atom. The molecule has 1 saturated heterocycles. The molecule has 0 aromatic heterocycles. The summed E-state index contributed by atoms with van der Waals surface area (Å²) in [7, 11) is 0. The van der Waals surface area contributed by atoms with Crippen molar-refractivity contribution >= 4 is 34.7 Å². The van der Waals surface area contributed by atoms with Crippen molar-refractivity contribution in [2.75, 3.05) is 11.4 Å². The van der Waals surface area contributed by atoms with Crippen LogP contribution in [0.25, 0.3) is 0 Å². The maximum absolute atomic E-state index is 14.8. The normalized spacial score (nSPS) is 20.8. The van der Waals surface area contributed by atoms with Gasteiger partial charge in [0.05, 0.1) is 10.6 Å². The molecule has 0 saturated carbocycles. The lowest BCUT2D eigenvalue weighted by Crippen LogP contribution is -2.53. The highest BCUT2D eigenvalue weighted by Crippen LogP contribution is 2.54. The van der Waals surface area contributed by atoms with Crippen molar-refractivity contribution in [3.8, 4) is 0 Å². The molecule has 3 nitrogen and oxygen atoms in total. The lowest BCUT2D eigenvalue weighted by molar-refractivity contribution is -0.211. The maximum Gasteiger partial charge on any atom is 0.416 e. The number of ketones is 1. The van der Waals surface area contributed by atoms with Gasteiger partial charge < -0.3 is 10.0 Å². The van der Waals surface area contributed by atoms with Crippen LogP contribution in [0.4, 0.5) is 40.8 Å².